The molecule has 0 aromatic carbocycles. The highest BCUT2D eigenvalue weighted by molar-refractivity contribution is 7.09. The molecule has 1 aromatic heterocycles. The lowest BCUT2D eigenvalue weighted by Crippen LogP contribution is -2.45. The van der Waals surface area contributed by atoms with Crippen molar-refractivity contribution >= 4 is 17.2 Å². The molecule has 1 heterocycles. The van der Waals surface area contributed by atoms with E-state index >= 15 is 0 Å². The van der Waals surface area contributed by atoms with Gasteiger partial charge in [0.2, 0.25) is 5.91 Å². The minimum absolute atomic E-state index is 0.0430. The van der Waals surface area contributed by atoms with Crippen LogP contribution in [0.1, 0.15) is 25.1 Å². The SMILES string of the molecule is CCCNC(=O)C(C)NCC(O)COCc1cccs1. The second kappa shape index (κ2) is 9.88. The molecule has 1 amide bonds. The number of aliphatic hydroxyl groups excluding tert-OH is 1. The van der Waals surface area contributed by atoms with Crippen molar-refractivity contribution in [2.75, 3.05) is 19.7 Å². The average molecular weight is 300 g/mol. The van der Waals surface area contributed by atoms with Crippen LogP contribution < -0.4 is 10.6 Å². The van der Waals surface area contributed by atoms with E-state index in [4.69, 9.17) is 4.74 Å². The van der Waals surface area contributed by atoms with E-state index in [-0.39, 0.29) is 18.6 Å². The zero-order valence-electron chi connectivity index (χ0n) is 12.1. The van der Waals surface area contributed by atoms with Crippen molar-refractivity contribution in [3.63, 3.8) is 0 Å². The Kier molecular flexibility index (Phi) is 8.45. The zero-order valence-corrected chi connectivity index (χ0v) is 12.9. The van der Waals surface area contributed by atoms with E-state index in [2.05, 4.69) is 10.6 Å². The Morgan fingerprint density at radius 1 is 1.55 bits per heavy atom. The summed E-state index contributed by atoms with van der Waals surface area (Å²) in [6.45, 7) is 5.58. The Hall–Kier alpha value is -0.950. The molecule has 5 nitrogen and oxygen atoms in total. The highest BCUT2D eigenvalue weighted by Gasteiger charge is 2.13. The predicted octanol–water partition coefficient (Wildman–Crippen LogP) is 1.13. The second-order valence-corrected chi connectivity index (χ2v) is 5.70. The quantitative estimate of drug-likeness (QED) is 0.606. The van der Waals surface area contributed by atoms with Crippen LogP contribution >= 0.6 is 11.3 Å². The molecular formula is C14H24N2O3S. The van der Waals surface area contributed by atoms with Crippen LogP contribution in [0.4, 0.5) is 0 Å². The third-order valence-electron chi connectivity index (χ3n) is 2.74. The number of amides is 1. The Morgan fingerprint density at radius 2 is 2.35 bits per heavy atom. The van der Waals surface area contributed by atoms with E-state index in [0.717, 1.165) is 11.3 Å². The first-order chi connectivity index (χ1) is 9.63. The summed E-state index contributed by atoms with van der Waals surface area (Å²) >= 11 is 1.63. The molecule has 1 aromatic rings. The van der Waals surface area contributed by atoms with Crippen molar-refractivity contribution in [1.82, 2.24) is 10.6 Å². The van der Waals surface area contributed by atoms with Gasteiger partial charge in [-0.25, -0.2) is 0 Å². The van der Waals surface area contributed by atoms with Gasteiger partial charge in [0.15, 0.2) is 0 Å². The molecule has 1 rings (SSSR count). The number of thiophene rings is 1. The van der Waals surface area contributed by atoms with E-state index in [1.165, 1.54) is 0 Å². The largest absolute Gasteiger partial charge is 0.389 e. The molecule has 6 heteroatoms. The molecule has 0 saturated carbocycles. The topological polar surface area (TPSA) is 70.6 Å². The lowest BCUT2D eigenvalue weighted by atomic mass is 10.2. The van der Waals surface area contributed by atoms with Gasteiger partial charge in [-0.15, -0.1) is 11.3 Å². The van der Waals surface area contributed by atoms with Crippen LogP contribution in [0, 0.1) is 0 Å². The van der Waals surface area contributed by atoms with Gasteiger partial charge in [0.05, 0.1) is 25.4 Å². The number of carbonyl (C=O) groups is 1. The number of hydrogen-bond acceptors (Lipinski definition) is 5. The lowest BCUT2D eigenvalue weighted by Gasteiger charge is -2.16. The van der Waals surface area contributed by atoms with Crippen LogP contribution in [-0.4, -0.2) is 42.9 Å². The summed E-state index contributed by atoms with van der Waals surface area (Å²) in [5.41, 5.74) is 0. The smallest absolute Gasteiger partial charge is 0.236 e. The van der Waals surface area contributed by atoms with Gasteiger partial charge in [0.25, 0.3) is 0 Å². The molecule has 20 heavy (non-hydrogen) atoms. The number of carbonyl (C=O) groups excluding carboxylic acids is 1. The summed E-state index contributed by atoms with van der Waals surface area (Å²) in [5.74, 6) is -0.0430. The van der Waals surface area contributed by atoms with Crippen molar-refractivity contribution < 1.29 is 14.6 Å². The lowest BCUT2D eigenvalue weighted by molar-refractivity contribution is -0.122. The minimum atomic E-state index is -0.614. The van der Waals surface area contributed by atoms with E-state index in [9.17, 15) is 9.90 Å². The summed E-state index contributed by atoms with van der Waals surface area (Å²) in [6, 6.07) is 3.65. The van der Waals surface area contributed by atoms with Crippen molar-refractivity contribution in [3.05, 3.63) is 22.4 Å². The molecule has 3 N–H and O–H groups in total. The molecular weight excluding hydrogens is 276 g/mol. The maximum Gasteiger partial charge on any atom is 0.236 e. The van der Waals surface area contributed by atoms with E-state index < -0.39 is 6.10 Å². The maximum absolute atomic E-state index is 11.6. The summed E-state index contributed by atoms with van der Waals surface area (Å²) in [7, 11) is 0. The monoisotopic (exact) mass is 300 g/mol. The third kappa shape index (κ3) is 7.00. The summed E-state index contributed by atoms with van der Waals surface area (Å²) in [6.07, 6.45) is 0.300. The molecule has 0 aliphatic carbocycles. The van der Waals surface area contributed by atoms with E-state index in [1.807, 2.05) is 24.4 Å². The van der Waals surface area contributed by atoms with Crippen LogP contribution in [0.15, 0.2) is 17.5 Å². The van der Waals surface area contributed by atoms with Crippen molar-refractivity contribution in [2.24, 2.45) is 0 Å². The summed E-state index contributed by atoms with van der Waals surface area (Å²) in [5, 5.41) is 17.6. The molecule has 0 bridgehead atoms. The molecule has 0 spiro atoms. The highest BCUT2D eigenvalue weighted by Crippen LogP contribution is 2.09. The molecule has 0 aliphatic heterocycles. The molecule has 2 unspecified atom stereocenters. The van der Waals surface area contributed by atoms with Gasteiger partial charge in [-0.1, -0.05) is 13.0 Å². The third-order valence-corrected chi connectivity index (χ3v) is 3.59. The first kappa shape index (κ1) is 17.1. The number of ether oxygens (including phenoxy) is 1. The second-order valence-electron chi connectivity index (χ2n) is 4.67. The van der Waals surface area contributed by atoms with Crippen LogP contribution in [0.3, 0.4) is 0 Å². The fourth-order valence-electron chi connectivity index (χ4n) is 1.56. The highest BCUT2D eigenvalue weighted by atomic mass is 32.1. The van der Waals surface area contributed by atoms with E-state index in [0.29, 0.717) is 19.7 Å². The number of nitrogens with one attached hydrogen (secondary N) is 2. The molecule has 114 valence electrons. The minimum Gasteiger partial charge on any atom is -0.389 e. The fourth-order valence-corrected chi connectivity index (χ4v) is 2.20. The molecule has 0 aliphatic rings. The average Bonchev–Trinajstić information content (AvgIpc) is 2.95. The normalized spacial score (nSPS) is 13.9. The van der Waals surface area contributed by atoms with E-state index in [1.54, 1.807) is 18.3 Å². The van der Waals surface area contributed by atoms with Crippen molar-refractivity contribution in [2.45, 2.75) is 39.0 Å². The number of hydrogen-bond donors (Lipinski definition) is 3. The van der Waals surface area contributed by atoms with Gasteiger partial charge >= 0.3 is 0 Å². The number of aliphatic hydroxyl groups is 1. The molecule has 0 fully saturated rings. The van der Waals surface area contributed by atoms with Gasteiger partial charge in [0, 0.05) is 18.0 Å². The fraction of sp³-hybridized carbons (Fsp3) is 0.643. The summed E-state index contributed by atoms with van der Waals surface area (Å²) < 4.78 is 5.42. The molecule has 0 saturated heterocycles. The van der Waals surface area contributed by atoms with Crippen LogP contribution in [0.2, 0.25) is 0 Å². The Morgan fingerprint density at radius 3 is 3.00 bits per heavy atom. The standard InChI is InChI=1S/C14H24N2O3S/c1-3-6-15-14(18)11(2)16-8-12(17)9-19-10-13-5-4-7-20-13/h4-5,7,11-12,16-17H,3,6,8-10H2,1-2H3,(H,15,18). The first-order valence-electron chi connectivity index (χ1n) is 6.92. The Bertz CT molecular complexity index is 371. The van der Waals surface area contributed by atoms with Gasteiger partial charge in [-0.05, 0) is 24.8 Å². The Balaban J connectivity index is 2.09. The molecule has 0 radical (unpaired) electrons. The van der Waals surface area contributed by atoms with Crippen LogP contribution in [-0.2, 0) is 16.1 Å². The zero-order chi connectivity index (χ0) is 14.8. The predicted molar refractivity (Wildman–Crippen MR) is 80.7 cm³/mol. The first-order valence-corrected chi connectivity index (χ1v) is 7.80. The van der Waals surface area contributed by atoms with Crippen molar-refractivity contribution in [3.8, 4) is 0 Å². The summed E-state index contributed by atoms with van der Waals surface area (Å²) in [4.78, 5) is 12.7. The molecule has 2 atom stereocenters. The van der Waals surface area contributed by atoms with Gasteiger partial charge in [-0.2, -0.15) is 0 Å². The van der Waals surface area contributed by atoms with Gasteiger partial charge < -0.3 is 20.5 Å². The van der Waals surface area contributed by atoms with Crippen LogP contribution in [0.25, 0.3) is 0 Å². The van der Waals surface area contributed by atoms with Gasteiger partial charge in [0.1, 0.15) is 0 Å². The van der Waals surface area contributed by atoms with Gasteiger partial charge in [-0.3, -0.25) is 4.79 Å². The van der Waals surface area contributed by atoms with Crippen LogP contribution in [0.5, 0.6) is 0 Å². The van der Waals surface area contributed by atoms with Crippen molar-refractivity contribution in [1.29, 1.82) is 0 Å². The maximum atomic E-state index is 11.6. The Labute approximate surface area is 124 Å². The number of rotatable bonds is 10.